The van der Waals surface area contributed by atoms with Gasteiger partial charge in [-0.1, -0.05) is 6.42 Å². The van der Waals surface area contributed by atoms with Crippen LogP contribution in [-0.4, -0.2) is 39.6 Å². The van der Waals surface area contributed by atoms with Gasteiger partial charge in [0.05, 0.1) is 18.0 Å². The van der Waals surface area contributed by atoms with Crippen molar-refractivity contribution in [2.45, 2.75) is 19.3 Å². The van der Waals surface area contributed by atoms with Crippen LogP contribution < -0.4 is 10.1 Å². The molecule has 2 N–H and O–H groups in total. The number of nitro groups is 1. The lowest BCUT2D eigenvalue weighted by Gasteiger charge is -2.16. The summed E-state index contributed by atoms with van der Waals surface area (Å²) >= 11 is 0. The molecule has 1 aromatic rings. The Labute approximate surface area is 120 Å². The summed E-state index contributed by atoms with van der Waals surface area (Å²) < 4.78 is 4.85. The van der Waals surface area contributed by atoms with E-state index in [-0.39, 0.29) is 23.3 Å². The highest BCUT2D eigenvalue weighted by molar-refractivity contribution is 5.71. The maximum absolute atomic E-state index is 11.1. The summed E-state index contributed by atoms with van der Waals surface area (Å²) in [6, 6.07) is 0. The van der Waals surface area contributed by atoms with E-state index >= 15 is 0 Å². The average molecular weight is 296 g/mol. The monoisotopic (exact) mass is 296 g/mol. The molecule has 0 aliphatic heterocycles. The fourth-order valence-electron chi connectivity index (χ4n) is 2.64. The normalized spacial score (nSPS) is 21.0. The van der Waals surface area contributed by atoms with Gasteiger partial charge >= 0.3 is 11.7 Å². The van der Waals surface area contributed by atoms with Crippen LogP contribution >= 0.6 is 0 Å². The summed E-state index contributed by atoms with van der Waals surface area (Å²) in [7, 11) is 1.29. The fraction of sp³-hybridized carbons (Fsp3) is 0.583. The summed E-state index contributed by atoms with van der Waals surface area (Å²) in [4.78, 5) is 29.1. The number of nitrogens with zero attached hydrogens (tertiary/aromatic N) is 3. The molecule has 0 bridgehead atoms. The van der Waals surface area contributed by atoms with Crippen molar-refractivity contribution >= 4 is 17.5 Å². The predicted octanol–water partition coefficient (Wildman–Crippen LogP) is 1.31. The Morgan fingerprint density at radius 1 is 1.57 bits per heavy atom. The molecule has 1 aromatic heterocycles. The molecule has 1 fully saturated rings. The highest BCUT2D eigenvalue weighted by Gasteiger charge is 2.33. The number of aromatic nitrogens is 2. The number of ether oxygens (including phenoxy) is 1. The third-order valence-corrected chi connectivity index (χ3v) is 3.67. The first-order chi connectivity index (χ1) is 10.0. The van der Waals surface area contributed by atoms with E-state index in [1.807, 2.05) is 0 Å². The number of carboxylic acids is 1. The minimum atomic E-state index is -0.825. The summed E-state index contributed by atoms with van der Waals surface area (Å²) in [5.74, 6) is -1.39. The minimum Gasteiger partial charge on any atom is -0.481 e. The molecule has 1 saturated carbocycles. The summed E-state index contributed by atoms with van der Waals surface area (Å²) in [5, 5.41) is 23.1. The van der Waals surface area contributed by atoms with Crippen LogP contribution in [0.25, 0.3) is 0 Å². The fourth-order valence-corrected chi connectivity index (χ4v) is 2.64. The van der Waals surface area contributed by atoms with Gasteiger partial charge in [-0.3, -0.25) is 14.9 Å². The molecular weight excluding hydrogens is 280 g/mol. The molecule has 0 spiro atoms. The molecule has 9 heteroatoms. The average Bonchev–Trinajstić information content (AvgIpc) is 2.92. The first kappa shape index (κ1) is 14.9. The highest BCUT2D eigenvalue weighted by atomic mass is 16.6. The molecule has 1 aliphatic rings. The van der Waals surface area contributed by atoms with E-state index < -0.39 is 16.8 Å². The van der Waals surface area contributed by atoms with E-state index in [9.17, 15) is 14.9 Å². The van der Waals surface area contributed by atoms with E-state index in [2.05, 4.69) is 15.3 Å². The zero-order chi connectivity index (χ0) is 15.4. The molecule has 1 heterocycles. The minimum absolute atomic E-state index is 0.0443. The zero-order valence-electron chi connectivity index (χ0n) is 11.5. The van der Waals surface area contributed by atoms with E-state index in [4.69, 9.17) is 9.84 Å². The van der Waals surface area contributed by atoms with Crippen molar-refractivity contribution < 1.29 is 19.6 Å². The molecule has 2 unspecified atom stereocenters. The molecule has 21 heavy (non-hydrogen) atoms. The highest BCUT2D eigenvalue weighted by Crippen LogP contribution is 2.34. The van der Waals surface area contributed by atoms with E-state index in [0.717, 1.165) is 19.2 Å². The maximum atomic E-state index is 11.1. The van der Waals surface area contributed by atoms with Crippen LogP contribution in [0, 0.1) is 22.0 Å². The lowest BCUT2D eigenvalue weighted by Crippen LogP contribution is -2.25. The van der Waals surface area contributed by atoms with Crippen molar-refractivity contribution in [1.29, 1.82) is 0 Å². The largest absolute Gasteiger partial charge is 0.481 e. The van der Waals surface area contributed by atoms with Gasteiger partial charge in [0.25, 0.3) is 5.88 Å². The number of anilines is 1. The van der Waals surface area contributed by atoms with Crippen LogP contribution in [0.2, 0.25) is 0 Å². The van der Waals surface area contributed by atoms with Crippen LogP contribution in [-0.2, 0) is 4.79 Å². The van der Waals surface area contributed by atoms with Gasteiger partial charge in [-0.15, -0.1) is 0 Å². The number of carboxylic acid groups (broad SMARTS) is 1. The van der Waals surface area contributed by atoms with Crippen molar-refractivity contribution in [3.05, 3.63) is 16.4 Å². The number of hydrogen-bond donors (Lipinski definition) is 2. The molecule has 2 atom stereocenters. The van der Waals surface area contributed by atoms with E-state index in [0.29, 0.717) is 13.0 Å². The Hall–Kier alpha value is -2.45. The Balaban J connectivity index is 2.13. The molecule has 0 saturated heterocycles. The summed E-state index contributed by atoms with van der Waals surface area (Å²) in [5.41, 5.74) is -0.343. The second kappa shape index (κ2) is 6.33. The van der Waals surface area contributed by atoms with Gasteiger partial charge in [0.2, 0.25) is 5.82 Å². The quantitative estimate of drug-likeness (QED) is 0.594. The van der Waals surface area contributed by atoms with Gasteiger partial charge in [0.1, 0.15) is 6.33 Å². The van der Waals surface area contributed by atoms with Gasteiger partial charge in [0, 0.05) is 6.54 Å². The van der Waals surface area contributed by atoms with Crippen LogP contribution in [0.1, 0.15) is 19.3 Å². The summed E-state index contributed by atoms with van der Waals surface area (Å²) in [6.07, 6.45) is 3.42. The Morgan fingerprint density at radius 3 is 2.95 bits per heavy atom. The molecule has 9 nitrogen and oxygen atoms in total. The number of methoxy groups -OCH3 is 1. The first-order valence-corrected chi connectivity index (χ1v) is 6.54. The number of rotatable bonds is 6. The van der Waals surface area contributed by atoms with Gasteiger partial charge in [-0.25, -0.2) is 4.98 Å². The number of nitrogens with one attached hydrogen (secondary N) is 1. The van der Waals surface area contributed by atoms with Crippen molar-refractivity contribution in [3.63, 3.8) is 0 Å². The van der Waals surface area contributed by atoms with Gasteiger partial charge < -0.3 is 15.2 Å². The van der Waals surface area contributed by atoms with E-state index in [1.165, 1.54) is 7.11 Å². The standard InChI is InChI=1S/C12H16N4O5/c1-21-11-9(16(19)20)10(14-6-15-11)13-5-7-3-2-4-8(7)12(17)18/h6-8H,2-5H2,1H3,(H,17,18)(H,13,14,15). The zero-order valence-corrected chi connectivity index (χ0v) is 11.5. The smallest absolute Gasteiger partial charge is 0.372 e. The SMILES string of the molecule is COc1ncnc(NCC2CCCC2C(=O)O)c1[N+](=O)[O-]. The third-order valence-electron chi connectivity index (χ3n) is 3.67. The Kier molecular flexibility index (Phi) is 4.51. The van der Waals surface area contributed by atoms with Crippen LogP contribution in [0.4, 0.5) is 11.5 Å². The molecule has 2 rings (SSSR count). The third kappa shape index (κ3) is 3.18. The number of hydrogen-bond acceptors (Lipinski definition) is 7. The van der Waals surface area contributed by atoms with Crippen LogP contribution in [0.15, 0.2) is 6.33 Å². The molecule has 1 aliphatic carbocycles. The summed E-state index contributed by atoms with van der Waals surface area (Å²) in [6.45, 7) is 0.317. The second-order valence-corrected chi connectivity index (χ2v) is 4.85. The molecule has 114 valence electrons. The predicted molar refractivity (Wildman–Crippen MR) is 72.2 cm³/mol. The van der Waals surface area contributed by atoms with Gasteiger partial charge in [-0.2, -0.15) is 4.98 Å². The second-order valence-electron chi connectivity index (χ2n) is 4.85. The lowest BCUT2D eigenvalue weighted by atomic mass is 9.96. The number of carbonyl (C=O) groups is 1. The molecule has 0 aromatic carbocycles. The van der Waals surface area contributed by atoms with Crippen molar-refractivity contribution in [3.8, 4) is 5.88 Å². The molecular formula is C12H16N4O5. The Morgan fingerprint density at radius 2 is 2.33 bits per heavy atom. The first-order valence-electron chi connectivity index (χ1n) is 6.54. The maximum Gasteiger partial charge on any atom is 0.372 e. The Bertz CT molecular complexity index is 550. The van der Waals surface area contributed by atoms with Crippen molar-refractivity contribution in [2.75, 3.05) is 19.0 Å². The van der Waals surface area contributed by atoms with Gasteiger partial charge in [-0.05, 0) is 18.8 Å². The van der Waals surface area contributed by atoms with E-state index in [1.54, 1.807) is 0 Å². The topological polar surface area (TPSA) is 127 Å². The van der Waals surface area contributed by atoms with Crippen molar-refractivity contribution in [2.24, 2.45) is 11.8 Å². The van der Waals surface area contributed by atoms with Crippen LogP contribution in [0.3, 0.4) is 0 Å². The molecule has 0 radical (unpaired) electrons. The molecule has 0 amide bonds. The number of aliphatic carboxylic acids is 1. The lowest BCUT2D eigenvalue weighted by molar-refractivity contribution is -0.385. The van der Waals surface area contributed by atoms with Gasteiger partial charge in [0.15, 0.2) is 0 Å². The van der Waals surface area contributed by atoms with Crippen molar-refractivity contribution in [1.82, 2.24) is 9.97 Å². The van der Waals surface area contributed by atoms with Crippen LogP contribution in [0.5, 0.6) is 5.88 Å².